The average Bonchev–Trinajstić information content (AvgIpc) is 3.26. The van der Waals surface area contributed by atoms with Crippen molar-refractivity contribution in [2.24, 2.45) is 0 Å². The molecule has 5 nitrogen and oxygen atoms in total. The summed E-state index contributed by atoms with van der Waals surface area (Å²) in [6.07, 6.45) is 0. The van der Waals surface area contributed by atoms with Gasteiger partial charge in [-0.2, -0.15) is 4.98 Å². The van der Waals surface area contributed by atoms with Crippen LogP contribution in [-0.4, -0.2) is 22.2 Å². The molecule has 0 fully saturated rings. The van der Waals surface area contributed by atoms with Crippen molar-refractivity contribution in [1.29, 1.82) is 0 Å². The zero-order valence-electron chi connectivity index (χ0n) is 12.8. The van der Waals surface area contributed by atoms with Gasteiger partial charge < -0.3 is 9.26 Å². The molecule has 24 heavy (non-hydrogen) atoms. The minimum absolute atomic E-state index is 0.581. The molecule has 2 heterocycles. The van der Waals surface area contributed by atoms with E-state index < -0.39 is 0 Å². The largest absolute Gasteiger partial charge is 0.497 e. The number of ether oxygens (including phenoxy) is 1. The van der Waals surface area contributed by atoms with E-state index in [0.29, 0.717) is 17.5 Å². The van der Waals surface area contributed by atoms with Crippen molar-refractivity contribution < 1.29 is 9.26 Å². The molecule has 0 N–H and O–H groups in total. The molecule has 7 heteroatoms. The topological polar surface area (TPSA) is 61.0 Å². The van der Waals surface area contributed by atoms with Crippen LogP contribution in [0, 0.1) is 0 Å². The molecule has 0 aliphatic rings. The molecule has 120 valence electrons. The van der Waals surface area contributed by atoms with Crippen molar-refractivity contribution >= 4 is 33.3 Å². The Balaban J connectivity index is 1.46. The van der Waals surface area contributed by atoms with Crippen molar-refractivity contribution in [3.63, 3.8) is 0 Å². The third-order valence-corrected chi connectivity index (χ3v) is 5.57. The minimum Gasteiger partial charge on any atom is -0.497 e. The predicted molar refractivity (Wildman–Crippen MR) is 95.5 cm³/mol. The summed E-state index contributed by atoms with van der Waals surface area (Å²) in [6.45, 7) is 0. The second-order valence-corrected chi connectivity index (χ2v) is 7.23. The Kier molecular flexibility index (Phi) is 4.18. The Morgan fingerprint density at radius 1 is 1.08 bits per heavy atom. The first kappa shape index (κ1) is 15.2. The van der Waals surface area contributed by atoms with Crippen molar-refractivity contribution in [2.45, 2.75) is 10.1 Å². The van der Waals surface area contributed by atoms with Crippen LogP contribution < -0.4 is 4.74 Å². The Bertz CT molecular complexity index is 930. The number of rotatable bonds is 5. The summed E-state index contributed by atoms with van der Waals surface area (Å²) in [4.78, 5) is 9.03. The quantitative estimate of drug-likeness (QED) is 0.486. The summed E-state index contributed by atoms with van der Waals surface area (Å²) < 4.78 is 12.7. The number of hydrogen-bond acceptors (Lipinski definition) is 7. The summed E-state index contributed by atoms with van der Waals surface area (Å²) in [6, 6.07) is 15.7. The molecule has 0 aliphatic carbocycles. The Hall–Kier alpha value is -2.38. The van der Waals surface area contributed by atoms with E-state index in [4.69, 9.17) is 9.26 Å². The van der Waals surface area contributed by atoms with E-state index in [2.05, 4.69) is 21.2 Å². The van der Waals surface area contributed by atoms with Crippen LogP contribution in [0.25, 0.3) is 21.6 Å². The van der Waals surface area contributed by atoms with Gasteiger partial charge in [0.1, 0.15) is 5.75 Å². The van der Waals surface area contributed by atoms with Gasteiger partial charge in [0.2, 0.25) is 11.7 Å². The van der Waals surface area contributed by atoms with Gasteiger partial charge in [0.15, 0.2) is 4.34 Å². The lowest BCUT2D eigenvalue weighted by Gasteiger charge is -1.98. The van der Waals surface area contributed by atoms with Gasteiger partial charge in [0.05, 0.1) is 23.1 Å². The number of benzene rings is 2. The summed E-state index contributed by atoms with van der Waals surface area (Å²) >= 11 is 3.28. The molecule has 0 radical (unpaired) electrons. The van der Waals surface area contributed by atoms with Crippen LogP contribution in [0.15, 0.2) is 57.4 Å². The number of aromatic nitrogens is 3. The molecule has 0 amide bonds. The molecule has 2 aromatic carbocycles. The summed E-state index contributed by atoms with van der Waals surface area (Å²) in [5, 5.41) is 4.04. The van der Waals surface area contributed by atoms with Crippen molar-refractivity contribution in [3.8, 4) is 17.1 Å². The standard InChI is InChI=1S/C17H13N3O2S2/c1-21-12-8-6-11(7-9-12)16-19-15(22-20-16)10-23-17-18-13-4-2-3-5-14(13)24-17/h2-9H,10H2,1H3. The average molecular weight is 355 g/mol. The van der Waals surface area contributed by atoms with Crippen LogP contribution in [0.1, 0.15) is 5.89 Å². The number of methoxy groups -OCH3 is 1. The monoisotopic (exact) mass is 355 g/mol. The molecule has 0 saturated carbocycles. The molecule has 4 aromatic rings. The molecule has 0 atom stereocenters. The Labute approximate surface area is 146 Å². The number of nitrogens with zero attached hydrogens (tertiary/aromatic N) is 3. The van der Waals surface area contributed by atoms with E-state index in [-0.39, 0.29) is 0 Å². The van der Waals surface area contributed by atoms with E-state index in [1.807, 2.05) is 42.5 Å². The highest BCUT2D eigenvalue weighted by Crippen LogP contribution is 2.31. The fourth-order valence-corrected chi connectivity index (χ4v) is 4.11. The maximum absolute atomic E-state index is 5.34. The molecular formula is C17H13N3O2S2. The number of hydrogen-bond donors (Lipinski definition) is 0. The SMILES string of the molecule is COc1ccc(-c2noc(CSc3nc4ccccc4s3)n2)cc1. The predicted octanol–water partition coefficient (Wildman–Crippen LogP) is 4.65. The van der Waals surface area contributed by atoms with Crippen LogP contribution >= 0.6 is 23.1 Å². The zero-order valence-corrected chi connectivity index (χ0v) is 14.4. The normalized spacial score (nSPS) is 11.0. The van der Waals surface area contributed by atoms with Crippen molar-refractivity contribution in [3.05, 3.63) is 54.4 Å². The summed E-state index contributed by atoms with van der Waals surface area (Å²) in [5.74, 6) is 2.57. The number of para-hydroxylation sites is 1. The molecule has 0 bridgehead atoms. The Morgan fingerprint density at radius 2 is 1.92 bits per heavy atom. The lowest BCUT2D eigenvalue weighted by atomic mass is 10.2. The third-order valence-electron chi connectivity index (χ3n) is 3.41. The molecule has 4 rings (SSSR count). The number of thioether (sulfide) groups is 1. The minimum atomic E-state index is 0.581. The van der Waals surface area contributed by atoms with Gasteiger partial charge in [-0.3, -0.25) is 0 Å². The van der Waals surface area contributed by atoms with Crippen LogP contribution in [0.5, 0.6) is 5.75 Å². The van der Waals surface area contributed by atoms with Gasteiger partial charge in [0.25, 0.3) is 0 Å². The van der Waals surface area contributed by atoms with E-state index in [1.165, 1.54) is 4.70 Å². The molecule has 0 spiro atoms. The zero-order chi connectivity index (χ0) is 16.4. The fraction of sp³-hybridized carbons (Fsp3) is 0.118. The Morgan fingerprint density at radius 3 is 2.71 bits per heavy atom. The number of thiazole rings is 1. The highest BCUT2D eigenvalue weighted by Gasteiger charge is 2.11. The fourth-order valence-electron chi connectivity index (χ4n) is 2.21. The molecule has 0 aliphatic heterocycles. The first-order valence-electron chi connectivity index (χ1n) is 7.27. The summed E-state index contributed by atoms with van der Waals surface area (Å²) in [5.41, 5.74) is 1.92. The molecular weight excluding hydrogens is 342 g/mol. The van der Waals surface area contributed by atoms with Crippen LogP contribution in [0.4, 0.5) is 0 Å². The first-order chi connectivity index (χ1) is 11.8. The number of fused-ring (bicyclic) bond motifs is 1. The maximum Gasteiger partial charge on any atom is 0.237 e. The van der Waals surface area contributed by atoms with Gasteiger partial charge in [-0.05, 0) is 36.4 Å². The van der Waals surface area contributed by atoms with E-state index in [1.54, 1.807) is 30.2 Å². The van der Waals surface area contributed by atoms with E-state index in [9.17, 15) is 0 Å². The second-order valence-electron chi connectivity index (χ2n) is 4.98. The van der Waals surface area contributed by atoms with Gasteiger partial charge in [0, 0.05) is 5.56 Å². The smallest absolute Gasteiger partial charge is 0.237 e. The molecule has 0 unspecified atom stereocenters. The highest BCUT2D eigenvalue weighted by molar-refractivity contribution is 8.00. The third kappa shape index (κ3) is 3.13. The lowest BCUT2D eigenvalue weighted by Crippen LogP contribution is -1.85. The lowest BCUT2D eigenvalue weighted by molar-refractivity contribution is 0.391. The van der Waals surface area contributed by atoms with Crippen molar-refractivity contribution in [1.82, 2.24) is 15.1 Å². The maximum atomic E-state index is 5.34. The van der Waals surface area contributed by atoms with Gasteiger partial charge >= 0.3 is 0 Å². The highest BCUT2D eigenvalue weighted by atomic mass is 32.2. The van der Waals surface area contributed by atoms with Crippen LogP contribution in [0.2, 0.25) is 0 Å². The molecule has 0 saturated heterocycles. The van der Waals surface area contributed by atoms with Gasteiger partial charge in [-0.1, -0.05) is 29.1 Å². The van der Waals surface area contributed by atoms with Crippen molar-refractivity contribution in [2.75, 3.05) is 7.11 Å². The van der Waals surface area contributed by atoms with E-state index >= 15 is 0 Å². The van der Waals surface area contributed by atoms with Gasteiger partial charge in [-0.25, -0.2) is 4.98 Å². The van der Waals surface area contributed by atoms with Crippen LogP contribution in [-0.2, 0) is 5.75 Å². The summed E-state index contributed by atoms with van der Waals surface area (Å²) in [7, 11) is 1.64. The van der Waals surface area contributed by atoms with E-state index in [0.717, 1.165) is 21.2 Å². The first-order valence-corrected chi connectivity index (χ1v) is 9.07. The van der Waals surface area contributed by atoms with Crippen LogP contribution in [0.3, 0.4) is 0 Å². The molecule has 2 aromatic heterocycles. The second kappa shape index (κ2) is 6.62. The van der Waals surface area contributed by atoms with Gasteiger partial charge in [-0.15, -0.1) is 11.3 Å².